The highest BCUT2D eigenvalue weighted by molar-refractivity contribution is 6.00. The summed E-state index contributed by atoms with van der Waals surface area (Å²) in [5.74, 6) is -0.207. The number of hydrogen-bond acceptors (Lipinski definition) is 4. The molecule has 212 valence electrons. The van der Waals surface area contributed by atoms with Gasteiger partial charge in [-0.15, -0.1) is 0 Å². The second kappa shape index (κ2) is 21.2. The highest BCUT2D eigenvalue weighted by atomic mass is 16.3. The van der Waals surface area contributed by atoms with E-state index in [9.17, 15) is 19.5 Å². The number of carbonyl (C=O) groups excluding carboxylic acids is 3. The van der Waals surface area contributed by atoms with Crippen LogP contribution in [-0.4, -0.2) is 53.6 Å². The molecule has 5 N–H and O–H groups in total. The number of benzene rings is 1. The number of aryl methyl sites for hydroxylation is 1. The van der Waals surface area contributed by atoms with Crippen LogP contribution in [0.1, 0.15) is 91.2 Å². The van der Waals surface area contributed by atoms with Crippen molar-refractivity contribution in [1.82, 2.24) is 20.9 Å². The number of H-pyrrole nitrogens is 1. The molecule has 8 heteroatoms. The first-order valence-electron chi connectivity index (χ1n) is 13.8. The van der Waals surface area contributed by atoms with E-state index in [4.69, 9.17) is 0 Å². The summed E-state index contributed by atoms with van der Waals surface area (Å²) < 4.78 is 0. The third kappa shape index (κ3) is 13.9. The Morgan fingerprint density at radius 2 is 1.68 bits per heavy atom. The van der Waals surface area contributed by atoms with Gasteiger partial charge in [0.1, 0.15) is 5.69 Å². The molecule has 37 heavy (non-hydrogen) atoms. The van der Waals surface area contributed by atoms with E-state index in [0.717, 1.165) is 22.4 Å². The first-order chi connectivity index (χ1) is 17.7. The zero-order valence-corrected chi connectivity index (χ0v) is 24.7. The molecule has 0 saturated carbocycles. The maximum atomic E-state index is 12.3. The van der Waals surface area contributed by atoms with Crippen LogP contribution in [0.4, 0.5) is 0 Å². The van der Waals surface area contributed by atoms with Crippen LogP contribution in [0.25, 0.3) is 10.9 Å². The van der Waals surface area contributed by atoms with Gasteiger partial charge < -0.3 is 26.0 Å². The first kappa shape index (κ1) is 36.3. The van der Waals surface area contributed by atoms with Crippen molar-refractivity contribution < 1.29 is 19.5 Å². The summed E-state index contributed by atoms with van der Waals surface area (Å²) in [5, 5.41) is 18.4. The minimum atomic E-state index is -0.515. The Morgan fingerprint density at radius 3 is 2.16 bits per heavy atom. The van der Waals surface area contributed by atoms with E-state index in [1.807, 2.05) is 66.7 Å². The molecule has 8 nitrogen and oxygen atoms in total. The number of aliphatic hydroxyl groups excluding tert-OH is 1. The first-order valence-corrected chi connectivity index (χ1v) is 13.8. The van der Waals surface area contributed by atoms with Gasteiger partial charge in [-0.3, -0.25) is 14.4 Å². The summed E-state index contributed by atoms with van der Waals surface area (Å²) in [4.78, 5) is 39.0. The summed E-state index contributed by atoms with van der Waals surface area (Å²) >= 11 is 0. The number of aromatic nitrogens is 1. The quantitative estimate of drug-likeness (QED) is 0.354. The molecule has 0 radical (unpaired) electrons. The number of aliphatic hydroxyl groups is 1. The van der Waals surface area contributed by atoms with Crippen LogP contribution >= 0.6 is 0 Å². The van der Waals surface area contributed by atoms with E-state index >= 15 is 0 Å². The van der Waals surface area contributed by atoms with Crippen LogP contribution < -0.4 is 16.0 Å². The molecule has 1 aliphatic heterocycles. The lowest BCUT2D eigenvalue weighted by Gasteiger charge is -2.18. The molecule has 2 heterocycles. The second-order valence-corrected chi connectivity index (χ2v) is 8.59. The van der Waals surface area contributed by atoms with Gasteiger partial charge in [0.2, 0.25) is 11.8 Å². The molecule has 0 bridgehead atoms. The minimum absolute atomic E-state index is 0.0508. The molecule has 2 atom stereocenters. The highest BCUT2D eigenvalue weighted by Gasteiger charge is 2.27. The molecular formula is C29H52N4O4. The fourth-order valence-electron chi connectivity index (χ4n) is 3.36. The van der Waals surface area contributed by atoms with Gasteiger partial charge in [-0.25, -0.2) is 0 Å². The van der Waals surface area contributed by atoms with Crippen molar-refractivity contribution >= 4 is 28.6 Å². The Balaban J connectivity index is 0. The summed E-state index contributed by atoms with van der Waals surface area (Å²) in [6.07, 6.45) is 1.07. The molecule has 0 aliphatic carbocycles. The monoisotopic (exact) mass is 520 g/mol. The fraction of sp³-hybridized carbons (Fsp3) is 0.621. The number of carbonyl (C=O) groups is 3. The van der Waals surface area contributed by atoms with E-state index in [2.05, 4.69) is 41.7 Å². The Kier molecular flexibility index (Phi) is 20.8. The highest BCUT2D eigenvalue weighted by Crippen LogP contribution is 2.19. The van der Waals surface area contributed by atoms with E-state index in [-0.39, 0.29) is 30.9 Å². The molecule has 1 fully saturated rings. The number of aromatic amines is 1. The molecule has 0 spiro atoms. The number of amides is 3. The lowest BCUT2D eigenvalue weighted by molar-refractivity contribution is -0.124. The standard InChI is InChI=1S/C19H24N4O4.C4H10.3C2H6/c1-11-3-2-4-15-14(11)8-16(23-15)19(27)21-9-17(25)22-13(10-24)7-12-5-6-20-18(12)26;1-4(2)3;3*1-2/h2-4,8,12-13,23-24H,5-7,9-10H2,1H3,(H,20,26)(H,21,27)(H,22,25);4H,1-3H3;3*1-2H3. The van der Waals surface area contributed by atoms with Gasteiger partial charge in [0.25, 0.3) is 5.91 Å². The van der Waals surface area contributed by atoms with Crippen molar-refractivity contribution in [3.05, 3.63) is 35.5 Å². The van der Waals surface area contributed by atoms with Crippen LogP contribution in [0.15, 0.2) is 24.3 Å². The Labute approximate surface area is 224 Å². The number of rotatable bonds is 7. The van der Waals surface area contributed by atoms with E-state index in [1.165, 1.54) is 0 Å². The van der Waals surface area contributed by atoms with Crippen molar-refractivity contribution in [2.45, 2.75) is 88.1 Å². The van der Waals surface area contributed by atoms with Gasteiger partial charge in [-0.05, 0) is 43.4 Å². The maximum absolute atomic E-state index is 12.3. The van der Waals surface area contributed by atoms with Crippen LogP contribution in [0.2, 0.25) is 0 Å². The van der Waals surface area contributed by atoms with Gasteiger partial charge in [0.05, 0.1) is 19.2 Å². The lowest BCUT2D eigenvalue weighted by atomic mass is 9.99. The van der Waals surface area contributed by atoms with Crippen LogP contribution in [0.5, 0.6) is 0 Å². The van der Waals surface area contributed by atoms with Crippen molar-refractivity contribution in [1.29, 1.82) is 0 Å². The summed E-state index contributed by atoms with van der Waals surface area (Å²) in [6, 6.07) is 7.00. The largest absolute Gasteiger partial charge is 0.394 e. The van der Waals surface area contributed by atoms with Crippen molar-refractivity contribution in [3.63, 3.8) is 0 Å². The van der Waals surface area contributed by atoms with Crippen LogP contribution in [0.3, 0.4) is 0 Å². The number of nitrogens with one attached hydrogen (secondary N) is 4. The SMILES string of the molecule is CC.CC.CC.CC(C)C.Cc1cccc2[nH]c(C(=O)NCC(=O)NC(CO)CC3CCNC3=O)cc12. The number of hydrogen-bond donors (Lipinski definition) is 5. The van der Waals surface area contributed by atoms with Crippen molar-refractivity contribution in [2.75, 3.05) is 19.7 Å². The zero-order chi connectivity index (χ0) is 29.0. The molecular weight excluding hydrogens is 468 g/mol. The molecule has 1 aromatic heterocycles. The Hall–Kier alpha value is -2.87. The molecule has 3 rings (SSSR count). The summed E-state index contributed by atoms with van der Waals surface area (Å²) in [7, 11) is 0. The molecule has 3 amide bonds. The normalized spacial score (nSPS) is 14.3. The number of fused-ring (bicyclic) bond motifs is 1. The van der Waals surface area contributed by atoms with Gasteiger partial charge in [0, 0.05) is 23.4 Å². The van der Waals surface area contributed by atoms with E-state index < -0.39 is 11.9 Å². The van der Waals surface area contributed by atoms with E-state index in [1.54, 1.807) is 6.07 Å². The Bertz CT molecular complexity index is 906. The predicted octanol–water partition coefficient (Wildman–Crippen LogP) is 4.95. The molecule has 1 aromatic carbocycles. The van der Waals surface area contributed by atoms with Gasteiger partial charge in [0.15, 0.2) is 0 Å². The molecule has 2 unspecified atom stereocenters. The average Bonchev–Trinajstić information content (AvgIpc) is 3.52. The van der Waals surface area contributed by atoms with Gasteiger partial charge >= 0.3 is 0 Å². The topological polar surface area (TPSA) is 123 Å². The molecule has 1 aliphatic rings. The Morgan fingerprint density at radius 1 is 1.08 bits per heavy atom. The van der Waals surface area contributed by atoms with Crippen LogP contribution in [-0.2, 0) is 9.59 Å². The smallest absolute Gasteiger partial charge is 0.268 e. The lowest BCUT2D eigenvalue weighted by Crippen LogP contribution is -2.44. The van der Waals surface area contributed by atoms with Gasteiger partial charge in [-0.2, -0.15) is 0 Å². The molecule has 1 saturated heterocycles. The maximum Gasteiger partial charge on any atom is 0.268 e. The zero-order valence-electron chi connectivity index (χ0n) is 24.7. The third-order valence-corrected chi connectivity index (χ3v) is 4.85. The van der Waals surface area contributed by atoms with Gasteiger partial charge in [-0.1, -0.05) is 74.4 Å². The minimum Gasteiger partial charge on any atom is -0.394 e. The predicted molar refractivity (Wildman–Crippen MR) is 155 cm³/mol. The van der Waals surface area contributed by atoms with Crippen molar-refractivity contribution in [3.8, 4) is 0 Å². The average molecular weight is 521 g/mol. The summed E-state index contributed by atoms with van der Waals surface area (Å²) in [6.45, 7) is 20.6. The fourth-order valence-corrected chi connectivity index (χ4v) is 3.36. The second-order valence-electron chi connectivity index (χ2n) is 8.59. The van der Waals surface area contributed by atoms with Crippen LogP contribution in [0, 0.1) is 18.8 Å². The molecule has 2 aromatic rings. The summed E-state index contributed by atoms with van der Waals surface area (Å²) in [5.41, 5.74) is 2.30. The third-order valence-electron chi connectivity index (χ3n) is 4.85. The van der Waals surface area contributed by atoms with Crippen molar-refractivity contribution in [2.24, 2.45) is 11.8 Å². The van der Waals surface area contributed by atoms with E-state index in [0.29, 0.717) is 25.1 Å².